The number of nitrogens with two attached hydrogens (primary N) is 1. The number of nitrogens with zero attached hydrogens (tertiary/aromatic N) is 3. The monoisotopic (exact) mass is 242 g/mol. The highest BCUT2D eigenvalue weighted by Gasteiger charge is 2.25. The Morgan fingerprint density at radius 2 is 2.31 bits per heavy atom. The van der Waals surface area contributed by atoms with Gasteiger partial charge in [-0.1, -0.05) is 11.6 Å². The van der Waals surface area contributed by atoms with Crippen LogP contribution < -0.4 is 10.6 Å². The second-order valence-corrected chi connectivity index (χ2v) is 4.30. The van der Waals surface area contributed by atoms with E-state index in [2.05, 4.69) is 9.97 Å². The maximum Gasteiger partial charge on any atom is 0.153 e. The van der Waals surface area contributed by atoms with Gasteiger partial charge in [0.25, 0.3) is 0 Å². The number of halogens is 1. The van der Waals surface area contributed by atoms with Crippen molar-refractivity contribution in [3.05, 3.63) is 11.3 Å². The zero-order chi connectivity index (χ0) is 11.5. The molecule has 0 bridgehead atoms. The topological polar surface area (TPSA) is 75.3 Å². The molecular weight excluding hydrogens is 228 g/mol. The highest BCUT2D eigenvalue weighted by Crippen LogP contribution is 2.31. The smallest absolute Gasteiger partial charge is 0.153 e. The summed E-state index contributed by atoms with van der Waals surface area (Å²) in [5, 5.41) is 9.70. The summed E-state index contributed by atoms with van der Waals surface area (Å²) in [6.07, 6.45) is 4.56. The van der Waals surface area contributed by atoms with Gasteiger partial charge in [0.2, 0.25) is 0 Å². The quantitative estimate of drug-likeness (QED) is 0.811. The number of anilines is 2. The average Bonchev–Trinajstić information content (AvgIpc) is 2.33. The zero-order valence-corrected chi connectivity index (χ0v) is 9.69. The summed E-state index contributed by atoms with van der Waals surface area (Å²) >= 11 is 6.08. The van der Waals surface area contributed by atoms with Gasteiger partial charge in [-0.15, -0.1) is 0 Å². The first-order chi connectivity index (χ1) is 7.74. The third kappa shape index (κ3) is 2.05. The molecule has 1 saturated heterocycles. The Bertz CT molecular complexity index is 374. The van der Waals surface area contributed by atoms with Crippen LogP contribution in [0.25, 0.3) is 0 Å². The summed E-state index contributed by atoms with van der Waals surface area (Å²) in [5.74, 6) is 0.918. The number of aromatic nitrogens is 2. The van der Waals surface area contributed by atoms with E-state index in [0.29, 0.717) is 10.8 Å². The van der Waals surface area contributed by atoms with Gasteiger partial charge in [-0.3, -0.25) is 0 Å². The Morgan fingerprint density at radius 3 is 3.06 bits per heavy atom. The van der Waals surface area contributed by atoms with Crippen molar-refractivity contribution in [2.24, 2.45) is 0 Å². The first kappa shape index (κ1) is 11.4. The molecule has 3 N–H and O–H groups in total. The molecule has 5 nitrogen and oxygen atoms in total. The number of piperidine rings is 1. The van der Waals surface area contributed by atoms with Crippen molar-refractivity contribution >= 4 is 23.2 Å². The molecule has 1 atom stereocenters. The third-order valence-corrected chi connectivity index (χ3v) is 3.27. The third-order valence-electron chi connectivity index (χ3n) is 2.91. The second-order valence-electron chi connectivity index (χ2n) is 3.92. The number of nitrogen functional groups attached to an aromatic ring is 1. The van der Waals surface area contributed by atoms with Gasteiger partial charge in [0.15, 0.2) is 5.82 Å². The summed E-state index contributed by atoms with van der Waals surface area (Å²) in [5.41, 5.74) is 5.64. The molecule has 1 fully saturated rings. The van der Waals surface area contributed by atoms with E-state index >= 15 is 0 Å². The van der Waals surface area contributed by atoms with Crippen molar-refractivity contribution in [3.63, 3.8) is 0 Å². The van der Waals surface area contributed by atoms with Crippen molar-refractivity contribution in [1.29, 1.82) is 0 Å². The van der Waals surface area contributed by atoms with E-state index in [-0.39, 0.29) is 18.5 Å². The van der Waals surface area contributed by atoms with E-state index < -0.39 is 0 Å². The number of aliphatic hydroxyl groups excluding tert-OH is 1. The Labute approximate surface area is 99.3 Å². The Hall–Kier alpha value is -1.07. The van der Waals surface area contributed by atoms with Gasteiger partial charge in [0.05, 0.1) is 12.6 Å². The van der Waals surface area contributed by atoms with Gasteiger partial charge in [0.1, 0.15) is 17.2 Å². The zero-order valence-electron chi connectivity index (χ0n) is 8.93. The van der Waals surface area contributed by atoms with Crippen LogP contribution in [0.1, 0.15) is 19.3 Å². The highest BCUT2D eigenvalue weighted by atomic mass is 35.5. The van der Waals surface area contributed by atoms with Gasteiger partial charge in [0, 0.05) is 6.54 Å². The van der Waals surface area contributed by atoms with Crippen LogP contribution in [0.3, 0.4) is 0 Å². The standard InChI is InChI=1S/C10H15ClN4O/c11-8-9(12)13-6-14-10(8)15-4-2-1-3-7(15)5-16/h6-7,16H,1-5H2,(H2,12,13,14). The minimum Gasteiger partial charge on any atom is -0.394 e. The number of aliphatic hydroxyl groups is 1. The number of hydrogen-bond acceptors (Lipinski definition) is 5. The maximum absolute atomic E-state index is 9.32. The molecule has 1 aliphatic heterocycles. The number of hydrogen-bond donors (Lipinski definition) is 2. The SMILES string of the molecule is Nc1ncnc(N2CCCCC2CO)c1Cl. The molecule has 2 heterocycles. The summed E-state index contributed by atoms with van der Waals surface area (Å²) in [6.45, 7) is 0.960. The largest absolute Gasteiger partial charge is 0.394 e. The van der Waals surface area contributed by atoms with Crippen LogP contribution in [0.5, 0.6) is 0 Å². The van der Waals surface area contributed by atoms with E-state index in [9.17, 15) is 5.11 Å². The molecule has 2 rings (SSSR count). The fourth-order valence-electron chi connectivity index (χ4n) is 2.04. The Kier molecular flexibility index (Phi) is 3.46. The molecule has 16 heavy (non-hydrogen) atoms. The fraction of sp³-hybridized carbons (Fsp3) is 0.600. The lowest BCUT2D eigenvalue weighted by Crippen LogP contribution is -2.42. The molecule has 88 valence electrons. The normalized spacial score (nSPS) is 21.1. The molecule has 6 heteroatoms. The van der Waals surface area contributed by atoms with Gasteiger partial charge in [-0.2, -0.15) is 0 Å². The van der Waals surface area contributed by atoms with Crippen LogP contribution in [-0.2, 0) is 0 Å². The van der Waals surface area contributed by atoms with Gasteiger partial charge < -0.3 is 15.7 Å². The van der Waals surface area contributed by atoms with Gasteiger partial charge >= 0.3 is 0 Å². The lowest BCUT2D eigenvalue weighted by Gasteiger charge is -2.35. The van der Waals surface area contributed by atoms with Crippen LogP contribution in [0.2, 0.25) is 5.02 Å². The molecule has 1 unspecified atom stereocenters. The van der Waals surface area contributed by atoms with Crippen LogP contribution in [0.15, 0.2) is 6.33 Å². The van der Waals surface area contributed by atoms with Crippen LogP contribution in [0, 0.1) is 0 Å². The first-order valence-corrected chi connectivity index (χ1v) is 5.75. The summed E-state index contributed by atoms with van der Waals surface area (Å²) in [7, 11) is 0. The minimum absolute atomic E-state index is 0.0838. The van der Waals surface area contributed by atoms with Crippen molar-refractivity contribution in [2.75, 3.05) is 23.8 Å². The summed E-state index contributed by atoms with van der Waals surface area (Å²) in [4.78, 5) is 10.0. The maximum atomic E-state index is 9.32. The van der Waals surface area contributed by atoms with Gasteiger partial charge in [-0.05, 0) is 19.3 Å². The highest BCUT2D eigenvalue weighted by molar-refractivity contribution is 6.35. The number of rotatable bonds is 2. The molecule has 0 aliphatic carbocycles. The molecule has 1 aliphatic rings. The fourth-order valence-corrected chi connectivity index (χ4v) is 2.25. The van der Waals surface area contributed by atoms with Gasteiger partial charge in [-0.25, -0.2) is 9.97 Å². The van der Waals surface area contributed by atoms with Crippen LogP contribution in [0.4, 0.5) is 11.6 Å². The molecule has 0 amide bonds. The first-order valence-electron chi connectivity index (χ1n) is 5.37. The summed E-state index contributed by atoms with van der Waals surface area (Å²) < 4.78 is 0. The minimum atomic E-state index is 0.0838. The van der Waals surface area contributed by atoms with E-state index in [1.54, 1.807) is 0 Å². The lowest BCUT2D eigenvalue weighted by molar-refractivity contribution is 0.239. The summed E-state index contributed by atoms with van der Waals surface area (Å²) in [6, 6.07) is 0.0838. The predicted molar refractivity (Wildman–Crippen MR) is 63.5 cm³/mol. The van der Waals surface area contributed by atoms with Crippen LogP contribution in [-0.4, -0.2) is 34.3 Å². The molecule has 1 aromatic heterocycles. The molecule has 0 radical (unpaired) electrons. The lowest BCUT2D eigenvalue weighted by atomic mass is 10.0. The average molecular weight is 243 g/mol. The van der Waals surface area contributed by atoms with E-state index in [4.69, 9.17) is 17.3 Å². The van der Waals surface area contributed by atoms with E-state index in [1.165, 1.54) is 6.33 Å². The van der Waals surface area contributed by atoms with Crippen molar-refractivity contribution < 1.29 is 5.11 Å². The Balaban J connectivity index is 2.30. The molecule has 0 spiro atoms. The van der Waals surface area contributed by atoms with E-state index in [1.807, 2.05) is 4.90 Å². The predicted octanol–water partition coefficient (Wildman–Crippen LogP) is 1.06. The molecular formula is C10H15ClN4O. The van der Waals surface area contributed by atoms with Crippen molar-refractivity contribution in [3.8, 4) is 0 Å². The van der Waals surface area contributed by atoms with Crippen molar-refractivity contribution in [2.45, 2.75) is 25.3 Å². The molecule has 0 aromatic carbocycles. The molecule has 0 saturated carbocycles. The Morgan fingerprint density at radius 1 is 1.50 bits per heavy atom. The molecule has 1 aromatic rings. The van der Waals surface area contributed by atoms with Crippen molar-refractivity contribution in [1.82, 2.24) is 9.97 Å². The van der Waals surface area contributed by atoms with E-state index in [0.717, 1.165) is 25.8 Å². The van der Waals surface area contributed by atoms with Crippen LogP contribution >= 0.6 is 11.6 Å². The second kappa shape index (κ2) is 4.84.